The lowest BCUT2D eigenvalue weighted by Gasteiger charge is -2.50. The van der Waals surface area contributed by atoms with E-state index in [0.29, 0.717) is 25.2 Å². The molecular weight excluding hydrogens is 181 g/mol. The third kappa shape index (κ3) is 1.67. The summed E-state index contributed by atoms with van der Waals surface area (Å²) in [6.45, 7) is 2.32. The average Bonchev–Trinajstić information content (AvgIpc) is 2.00. The van der Waals surface area contributed by atoms with Gasteiger partial charge in [0.1, 0.15) is 6.04 Å². The first-order chi connectivity index (χ1) is 5.97. The molecule has 76 valence electrons. The van der Waals surface area contributed by atoms with Crippen molar-refractivity contribution in [3.63, 3.8) is 0 Å². The van der Waals surface area contributed by atoms with Gasteiger partial charge in [-0.15, -0.1) is 0 Å². The Kier molecular flexibility index (Phi) is 2.03. The summed E-state index contributed by atoms with van der Waals surface area (Å²) in [6, 6.07) is -0.702. The van der Waals surface area contributed by atoms with Crippen molar-refractivity contribution in [3.8, 4) is 0 Å². The van der Waals surface area contributed by atoms with E-state index in [9.17, 15) is 13.2 Å². The summed E-state index contributed by atoms with van der Waals surface area (Å²) in [4.78, 5) is 1.52. The Bertz CT molecular complexity index is 188. The van der Waals surface area contributed by atoms with Crippen LogP contribution in [0.25, 0.3) is 0 Å². The van der Waals surface area contributed by atoms with Gasteiger partial charge in [-0.1, -0.05) is 0 Å². The van der Waals surface area contributed by atoms with Crippen LogP contribution in [0.2, 0.25) is 0 Å². The van der Waals surface area contributed by atoms with Crippen molar-refractivity contribution in [2.75, 3.05) is 13.1 Å². The van der Waals surface area contributed by atoms with Gasteiger partial charge in [0.05, 0.1) is 0 Å². The molecule has 3 rings (SSSR count). The second-order valence-corrected chi connectivity index (χ2v) is 3.97. The van der Waals surface area contributed by atoms with E-state index >= 15 is 0 Å². The fourth-order valence-electron chi connectivity index (χ4n) is 2.07. The van der Waals surface area contributed by atoms with Crippen LogP contribution in [0.1, 0.15) is 13.3 Å². The molecule has 5 heteroatoms. The number of fused-ring (bicyclic) bond motifs is 2. The zero-order valence-electron chi connectivity index (χ0n) is 7.43. The Morgan fingerprint density at radius 3 is 2.15 bits per heavy atom. The van der Waals surface area contributed by atoms with Crippen LogP contribution in [0.5, 0.6) is 0 Å². The van der Waals surface area contributed by atoms with Crippen LogP contribution in [-0.2, 0) is 0 Å². The van der Waals surface area contributed by atoms with Gasteiger partial charge in [-0.3, -0.25) is 4.90 Å². The molecule has 0 radical (unpaired) electrons. The monoisotopic (exact) mass is 194 g/mol. The topological polar surface area (TPSA) is 15.3 Å². The first-order valence-corrected chi connectivity index (χ1v) is 4.53. The van der Waals surface area contributed by atoms with Crippen LogP contribution in [0, 0.1) is 0 Å². The minimum absolute atomic E-state index is 0.295. The lowest BCUT2D eigenvalue weighted by atomic mass is 9.90. The van der Waals surface area contributed by atoms with Crippen molar-refractivity contribution >= 4 is 0 Å². The largest absolute Gasteiger partial charge is 0.403 e. The van der Waals surface area contributed by atoms with Crippen LogP contribution in [-0.4, -0.2) is 42.3 Å². The Balaban J connectivity index is 1.94. The predicted molar refractivity (Wildman–Crippen MR) is 42.4 cm³/mol. The van der Waals surface area contributed by atoms with E-state index in [4.69, 9.17) is 0 Å². The number of hydrogen-bond acceptors (Lipinski definition) is 2. The number of piperidine rings is 1. The van der Waals surface area contributed by atoms with Crippen molar-refractivity contribution in [1.29, 1.82) is 0 Å². The molecule has 3 saturated heterocycles. The molecule has 2 nitrogen and oxygen atoms in total. The maximum Gasteiger partial charge on any atom is 0.403 e. The summed E-state index contributed by atoms with van der Waals surface area (Å²) >= 11 is 0. The molecule has 3 atom stereocenters. The molecule has 3 aliphatic rings. The van der Waals surface area contributed by atoms with Gasteiger partial charge in [-0.05, 0) is 13.3 Å². The summed E-state index contributed by atoms with van der Waals surface area (Å²) in [7, 11) is 0. The SMILES string of the molecule is CC(N1CC2CC(C1)N2)C(F)(F)F. The van der Waals surface area contributed by atoms with E-state index in [2.05, 4.69) is 5.32 Å². The first-order valence-electron chi connectivity index (χ1n) is 4.53. The lowest BCUT2D eigenvalue weighted by molar-refractivity contribution is -0.187. The highest BCUT2D eigenvalue weighted by molar-refractivity contribution is 4.99. The number of piperazine rings is 1. The number of alkyl halides is 3. The normalized spacial score (nSPS) is 36.9. The predicted octanol–water partition coefficient (Wildman–Crippen LogP) is 0.983. The molecule has 0 aliphatic carbocycles. The molecule has 0 aromatic carbocycles. The van der Waals surface area contributed by atoms with Crippen molar-refractivity contribution < 1.29 is 13.2 Å². The lowest BCUT2D eigenvalue weighted by Crippen LogP contribution is -2.69. The Labute approximate surface area is 75.1 Å². The molecule has 3 fully saturated rings. The zero-order valence-corrected chi connectivity index (χ0v) is 7.43. The molecule has 1 N–H and O–H groups in total. The van der Waals surface area contributed by atoms with E-state index in [-0.39, 0.29) is 0 Å². The fraction of sp³-hybridized carbons (Fsp3) is 1.00. The summed E-state index contributed by atoms with van der Waals surface area (Å²) in [6.07, 6.45) is -3.04. The van der Waals surface area contributed by atoms with E-state index in [0.717, 1.165) is 6.42 Å². The first kappa shape index (κ1) is 9.27. The number of halogens is 3. The summed E-state index contributed by atoms with van der Waals surface area (Å²) in [5.41, 5.74) is 0. The minimum atomic E-state index is -4.08. The van der Waals surface area contributed by atoms with Crippen LogP contribution in [0.3, 0.4) is 0 Å². The molecule has 0 spiro atoms. The zero-order chi connectivity index (χ0) is 9.64. The number of nitrogens with zero attached hydrogens (tertiary/aromatic N) is 1. The standard InChI is InChI=1S/C8H13F3N2/c1-5(8(9,10)11)13-3-6-2-7(4-13)12-6/h5-7,12H,2-4H2,1H3. The fourth-order valence-corrected chi connectivity index (χ4v) is 2.07. The van der Waals surface area contributed by atoms with E-state index in [1.165, 1.54) is 11.8 Å². The van der Waals surface area contributed by atoms with Crippen LogP contribution >= 0.6 is 0 Å². The molecular formula is C8H13F3N2. The van der Waals surface area contributed by atoms with Gasteiger partial charge in [-0.25, -0.2) is 0 Å². The van der Waals surface area contributed by atoms with Crippen LogP contribution in [0.15, 0.2) is 0 Å². The second kappa shape index (κ2) is 2.85. The Hall–Kier alpha value is -0.290. The van der Waals surface area contributed by atoms with Crippen molar-refractivity contribution in [1.82, 2.24) is 10.2 Å². The van der Waals surface area contributed by atoms with E-state index < -0.39 is 12.2 Å². The molecule has 2 bridgehead atoms. The maximum atomic E-state index is 12.3. The molecule has 0 saturated carbocycles. The van der Waals surface area contributed by atoms with Gasteiger partial charge in [0.2, 0.25) is 0 Å². The minimum Gasteiger partial charge on any atom is -0.309 e. The molecule has 0 aromatic rings. The second-order valence-electron chi connectivity index (χ2n) is 3.97. The Morgan fingerprint density at radius 1 is 1.31 bits per heavy atom. The molecule has 3 unspecified atom stereocenters. The highest BCUT2D eigenvalue weighted by Crippen LogP contribution is 2.29. The molecule has 0 amide bonds. The third-order valence-corrected chi connectivity index (χ3v) is 2.97. The summed E-state index contributed by atoms with van der Waals surface area (Å²) in [5.74, 6) is 0. The smallest absolute Gasteiger partial charge is 0.309 e. The number of hydrogen-bond donors (Lipinski definition) is 1. The Morgan fingerprint density at radius 2 is 1.77 bits per heavy atom. The van der Waals surface area contributed by atoms with Gasteiger partial charge in [0.15, 0.2) is 0 Å². The quantitative estimate of drug-likeness (QED) is 0.669. The number of nitrogens with one attached hydrogen (secondary N) is 1. The van der Waals surface area contributed by atoms with Crippen molar-refractivity contribution in [2.24, 2.45) is 0 Å². The third-order valence-electron chi connectivity index (χ3n) is 2.97. The van der Waals surface area contributed by atoms with E-state index in [1.807, 2.05) is 0 Å². The van der Waals surface area contributed by atoms with Crippen molar-refractivity contribution in [2.45, 2.75) is 37.6 Å². The van der Waals surface area contributed by atoms with Gasteiger partial charge in [-0.2, -0.15) is 13.2 Å². The maximum absolute atomic E-state index is 12.3. The number of rotatable bonds is 1. The molecule has 3 heterocycles. The summed E-state index contributed by atoms with van der Waals surface area (Å²) in [5, 5.41) is 3.21. The van der Waals surface area contributed by atoms with Gasteiger partial charge < -0.3 is 5.32 Å². The molecule has 3 aliphatic heterocycles. The van der Waals surface area contributed by atoms with Crippen LogP contribution < -0.4 is 5.32 Å². The highest BCUT2D eigenvalue weighted by Gasteiger charge is 2.46. The van der Waals surface area contributed by atoms with Crippen LogP contribution in [0.4, 0.5) is 13.2 Å². The molecule has 0 aromatic heterocycles. The average molecular weight is 194 g/mol. The van der Waals surface area contributed by atoms with Gasteiger partial charge in [0, 0.05) is 25.2 Å². The van der Waals surface area contributed by atoms with Crippen molar-refractivity contribution in [3.05, 3.63) is 0 Å². The molecule has 13 heavy (non-hydrogen) atoms. The van der Waals surface area contributed by atoms with Gasteiger partial charge in [0.25, 0.3) is 0 Å². The van der Waals surface area contributed by atoms with Gasteiger partial charge >= 0.3 is 6.18 Å². The highest BCUT2D eigenvalue weighted by atomic mass is 19.4. The van der Waals surface area contributed by atoms with E-state index in [1.54, 1.807) is 0 Å². The summed E-state index contributed by atoms with van der Waals surface area (Å²) < 4.78 is 36.9.